The first kappa shape index (κ1) is 17.7. The zero-order valence-electron chi connectivity index (χ0n) is 13.1. The fraction of sp³-hybridized carbons (Fsp3) is 0.222. The van der Waals surface area contributed by atoms with Crippen LogP contribution in [0, 0.1) is 11.3 Å². The lowest BCUT2D eigenvalue weighted by atomic mass is 10.1. The molecule has 2 rings (SSSR count). The molecule has 0 aliphatic rings. The van der Waals surface area contributed by atoms with Crippen molar-refractivity contribution in [1.29, 1.82) is 5.26 Å². The molecule has 5 nitrogen and oxygen atoms in total. The summed E-state index contributed by atoms with van der Waals surface area (Å²) in [6, 6.07) is 17.6. The number of carbonyl (C=O) groups is 1. The summed E-state index contributed by atoms with van der Waals surface area (Å²) in [7, 11) is -3.23. The van der Waals surface area contributed by atoms with Crippen molar-refractivity contribution in [2.24, 2.45) is 0 Å². The highest BCUT2D eigenvalue weighted by molar-refractivity contribution is 7.91. The predicted octanol–water partition coefficient (Wildman–Crippen LogP) is 1.95. The maximum atomic E-state index is 12.0. The molecule has 1 N–H and O–H groups in total. The maximum Gasteiger partial charge on any atom is 0.251 e. The van der Waals surface area contributed by atoms with Gasteiger partial charge < -0.3 is 5.32 Å². The van der Waals surface area contributed by atoms with Gasteiger partial charge in [0, 0.05) is 12.1 Å². The van der Waals surface area contributed by atoms with Crippen LogP contribution >= 0.6 is 0 Å². The number of rotatable bonds is 7. The van der Waals surface area contributed by atoms with E-state index < -0.39 is 9.84 Å². The van der Waals surface area contributed by atoms with Crippen LogP contribution in [-0.4, -0.2) is 32.4 Å². The number of amides is 1. The van der Waals surface area contributed by atoms with E-state index in [4.69, 9.17) is 5.26 Å². The first-order valence-electron chi connectivity index (χ1n) is 7.53. The van der Waals surface area contributed by atoms with E-state index in [1.165, 1.54) is 12.1 Å². The lowest BCUT2D eigenvalue weighted by Gasteiger charge is -2.07. The third-order valence-electron chi connectivity index (χ3n) is 3.52. The van der Waals surface area contributed by atoms with Crippen LogP contribution in [0.4, 0.5) is 0 Å². The number of benzene rings is 2. The second-order valence-electron chi connectivity index (χ2n) is 5.33. The van der Waals surface area contributed by atoms with Crippen molar-refractivity contribution in [2.75, 3.05) is 18.1 Å². The number of aryl methyl sites for hydroxylation is 1. The van der Waals surface area contributed by atoms with E-state index in [1.807, 2.05) is 36.4 Å². The van der Waals surface area contributed by atoms with Crippen molar-refractivity contribution in [3.63, 3.8) is 0 Å². The number of sulfone groups is 1. The average Bonchev–Trinajstić information content (AvgIpc) is 2.61. The lowest BCUT2D eigenvalue weighted by Crippen LogP contribution is -2.30. The lowest BCUT2D eigenvalue weighted by molar-refractivity contribution is 0.0956. The number of carbonyl (C=O) groups excluding carboxylic acids is 1. The number of hydrogen-bond acceptors (Lipinski definition) is 4. The first-order chi connectivity index (χ1) is 11.5. The van der Waals surface area contributed by atoms with Gasteiger partial charge in [0.05, 0.1) is 23.1 Å². The molecule has 0 unspecified atom stereocenters. The van der Waals surface area contributed by atoms with E-state index in [0.717, 1.165) is 5.56 Å². The van der Waals surface area contributed by atoms with Gasteiger partial charge in [-0.2, -0.15) is 5.26 Å². The largest absolute Gasteiger partial charge is 0.351 e. The molecular weight excluding hydrogens is 324 g/mol. The molecule has 1 amide bonds. The Labute approximate surface area is 141 Å². The van der Waals surface area contributed by atoms with E-state index in [0.29, 0.717) is 17.5 Å². The van der Waals surface area contributed by atoms with Crippen molar-refractivity contribution >= 4 is 15.7 Å². The molecule has 2 aromatic carbocycles. The molecule has 0 saturated carbocycles. The minimum atomic E-state index is -3.23. The van der Waals surface area contributed by atoms with Gasteiger partial charge in [-0.05, 0) is 36.2 Å². The monoisotopic (exact) mass is 342 g/mol. The highest BCUT2D eigenvalue weighted by Crippen LogP contribution is 2.04. The van der Waals surface area contributed by atoms with Crippen LogP contribution in [0.5, 0.6) is 0 Å². The summed E-state index contributed by atoms with van der Waals surface area (Å²) in [6.07, 6.45) is 0.465. The summed E-state index contributed by atoms with van der Waals surface area (Å²) in [6.45, 7) is 0.0654. The Morgan fingerprint density at radius 2 is 1.67 bits per heavy atom. The summed E-state index contributed by atoms with van der Waals surface area (Å²) < 4.78 is 24.0. The maximum absolute atomic E-state index is 12.0. The van der Waals surface area contributed by atoms with Crippen LogP contribution in [0.15, 0.2) is 54.6 Å². The fourth-order valence-corrected chi connectivity index (χ4v) is 3.30. The van der Waals surface area contributed by atoms with Crippen molar-refractivity contribution < 1.29 is 13.2 Å². The summed E-state index contributed by atoms with van der Waals surface area (Å²) in [5.74, 6) is -0.385. The standard InChI is InChI=1S/C18H18N2O3S/c19-14-16-6-8-17(9-7-16)18(21)20-11-13-24(22,23)12-10-15-4-2-1-3-5-15/h1-9H,10-13H2,(H,20,21). The summed E-state index contributed by atoms with van der Waals surface area (Å²) >= 11 is 0. The topological polar surface area (TPSA) is 87.0 Å². The minimum absolute atomic E-state index is 0.0593. The van der Waals surface area contributed by atoms with Gasteiger partial charge in [0.15, 0.2) is 9.84 Å². The number of hydrogen-bond donors (Lipinski definition) is 1. The molecular formula is C18H18N2O3S. The van der Waals surface area contributed by atoms with E-state index in [-0.39, 0.29) is 24.0 Å². The van der Waals surface area contributed by atoms with Gasteiger partial charge in [-0.1, -0.05) is 30.3 Å². The number of nitrogens with zero attached hydrogens (tertiary/aromatic N) is 1. The average molecular weight is 342 g/mol. The third kappa shape index (κ3) is 5.52. The zero-order valence-corrected chi connectivity index (χ0v) is 13.9. The van der Waals surface area contributed by atoms with Crippen LogP contribution in [0.1, 0.15) is 21.5 Å². The molecule has 0 fully saturated rings. The molecule has 0 saturated heterocycles. The van der Waals surface area contributed by atoms with E-state index in [1.54, 1.807) is 12.1 Å². The van der Waals surface area contributed by atoms with Gasteiger partial charge >= 0.3 is 0 Å². The Morgan fingerprint density at radius 1 is 1.00 bits per heavy atom. The molecule has 0 aliphatic carbocycles. The Hall–Kier alpha value is -2.65. The molecule has 2 aromatic rings. The van der Waals surface area contributed by atoms with Gasteiger partial charge in [-0.15, -0.1) is 0 Å². The third-order valence-corrected chi connectivity index (χ3v) is 5.17. The molecule has 0 heterocycles. The number of nitriles is 1. The van der Waals surface area contributed by atoms with Crippen LogP contribution in [0.2, 0.25) is 0 Å². The SMILES string of the molecule is N#Cc1ccc(C(=O)NCCS(=O)(=O)CCc2ccccc2)cc1. The molecule has 0 aromatic heterocycles. The molecule has 124 valence electrons. The zero-order chi connectivity index (χ0) is 17.4. The first-order valence-corrected chi connectivity index (χ1v) is 9.35. The predicted molar refractivity (Wildman–Crippen MR) is 92.3 cm³/mol. The smallest absolute Gasteiger partial charge is 0.251 e. The summed E-state index contributed by atoms with van der Waals surface area (Å²) in [5.41, 5.74) is 1.84. The molecule has 0 spiro atoms. The Balaban J connectivity index is 1.79. The Morgan fingerprint density at radius 3 is 2.29 bits per heavy atom. The quantitative estimate of drug-likeness (QED) is 0.833. The minimum Gasteiger partial charge on any atom is -0.351 e. The van der Waals surface area contributed by atoms with Crippen LogP contribution in [0.3, 0.4) is 0 Å². The second kappa shape index (κ2) is 8.27. The van der Waals surface area contributed by atoms with Crippen LogP contribution in [0.25, 0.3) is 0 Å². The second-order valence-corrected chi connectivity index (χ2v) is 7.64. The molecule has 0 aliphatic heterocycles. The Kier molecular flexibility index (Phi) is 6.10. The van der Waals surface area contributed by atoms with Crippen molar-refractivity contribution in [2.45, 2.75) is 6.42 Å². The van der Waals surface area contributed by atoms with Gasteiger partial charge in [-0.3, -0.25) is 4.79 Å². The van der Waals surface area contributed by atoms with Crippen molar-refractivity contribution in [3.8, 4) is 6.07 Å². The molecule has 0 atom stereocenters. The Bertz CT molecular complexity index is 823. The molecule has 24 heavy (non-hydrogen) atoms. The van der Waals surface area contributed by atoms with E-state index in [9.17, 15) is 13.2 Å². The van der Waals surface area contributed by atoms with Gasteiger partial charge in [0.25, 0.3) is 5.91 Å². The van der Waals surface area contributed by atoms with Gasteiger partial charge in [-0.25, -0.2) is 8.42 Å². The molecule has 0 radical (unpaired) electrons. The highest BCUT2D eigenvalue weighted by Gasteiger charge is 2.12. The summed E-state index contributed by atoms with van der Waals surface area (Å²) in [4.78, 5) is 11.9. The highest BCUT2D eigenvalue weighted by atomic mass is 32.2. The summed E-state index contributed by atoms with van der Waals surface area (Å²) in [5, 5.41) is 11.3. The molecule has 0 bridgehead atoms. The van der Waals surface area contributed by atoms with Gasteiger partial charge in [0.2, 0.25) is 0 Å². The van der Waals surface area contributed by atoms with E-state index >= 15 is 0 Å². The van der Waals surface area contributed by atoms with Crippen LogP contribution in [-0.2, 0) is 16.3 Å². The van der Waals surface area contributed by atoms with E-state index in [2.05, 4.69) is 5.32 Å². The normalized spacial score (nSPS) is 10.8. The van der Waals surface area contributed by atoms with Crippen molar-refractivity contribution in [1.82, 2.24) is 5.32 Å². The van der Waals surface area contributed by atoms with Crippen LogP contribution < -0.4 is 5.32 Å². The van der Waals surface area contributed by atoms with Crippen molar-refractivity contribution in [3.05, 3.63) is 71.3 Å². The number of nitrogens with one attached hydrogen (secondary N) is 1. The molecule has 6 heteroatoms. The fourth-order valence-electron chi connectivity index (χ4n) is 2.14. The van der Waals surface area contributed by atoms with Gasteiger partial charge in [0.1, 0.15) is 0 Å².